The van der Waals surface area contributed by atoms with Gasteiger partial charge in [0.1, 0.15) is 11.6 Å². The van der Waals surface area contributed by atoms with Crippen LogP contribution in [-0.2, 0) is 25.8 Å². The number of nitrogens with one attached hydrogen (secondary N) is 2. The second-order valence-electron chi connectivity index (χ2n) is 5.95. The number of aromatic nitrogens is 3. The molecule has 2 aromatic heterocycles. The van der Waals surface area contributed by atoms with Crippen molar-refractivity contribution in [3.05, 3.63) is 35.8 Å². The van der Waals surface area contributed by atoms with Gasteiger partial charge < -0.3 is 15.1 Å². The van der Waals surface area contributed by atoms with Crippen molar-refractivity contribution in [2.45, 2.75) is 52.1 Å². The third-order valence-electron chi connectivity index (χ3n) is 4.11. The number of guanidine groups is 1. The van der Waals surface area contributed by atoms with Crippen molar-refractivity contribution in [2.75, 3.05) is 13.1 Å². The van der Waals surface area contributed by atoms with E-state index in [0.717, 1.165) is 62.1 Å². The SMILES string of the molecule is CCNC(=NCCc1ccco1)NC1CCc2nc(CC)nn2C1. The third-order valence-corrected chi connectivity index (χ3v) is 4.11. The van der Waals surface area contributed by atoms with Gasteiger partial charge in [-0.2, -0.15) is 5.10 Å². The number of hydrogen-bond acceptors (Lipinski definition) is 4. The molecule has 0 aromatic carbocycles. The summed E-state index contributed by atoms with van der Waals surface area (Å²) in [6.07, 6.45) is 5.39. The van der Waals surface area contributed by atoms with Crippen molar-refractivity contribution in [1.82, 2.24) is 25.4 Å². The molecule has 130 valence electrons. The van der Waals surface area contributed by atoms with E-state index in [1.54, 1.807) is 6.26 Å². The average Bonchev–Trinajstić information content (AvgIpc) is 3.23. The van der Waals surface area contributed by atoms with E-state index in [1.165, 1.54) is 0 Å². The quantitative estimate of drug-likeness (QED) is 0.620. The lowest BCUT2D eigenvalue weighted by Crippen LogP contribution is -2.47. The van der Waals surface area contributed by atoms with Crippen molar-refractivity contribution >= 4 is 5.96 Å². The molecule has 24 heavy (non-hydrogen) atoms. The molecule has 1 atom stereocenters. The molecule has 7 heteroatoms. The van der Waals surface area contributed by atoms with Crippen molar-refractivity contribution < 1.29 is 4.42 Å². The maximum absolute atomic E-state index is 5.35. The molecule has 0 fully saturated rings. The van der Waals surface area contributed by atoms with E-state index >= 15 is 0 Å². The van der Waals surface area contributed by atoms with Crippen molar-refractivity contribution in [3.8, 4) is 0 Å². The topological polar surface area (TPSA) is 80.3 Å². The number of aliphatic imine (C=N–C) groups is 1. The Morgan fingerprint density at radius 3 is 3.12 bits per heavy atom. The maximum Gasteiger partial charge on any atom is 0.191 e. The molecule has 3 heterocycles. The molecule has 0 bridgehead atoms. The number of fused-ring (bicyclic) bond motifs is 1. The van der Waals surface area contributed by atoms with Gasteiger partial charge in [-0.1, -0.05) is 6.92 Å². The summed E-state index contributed by atoms with van der Waals surface area (Å²) < 4.78 is 7.38. The maximum atomic E-state index is 5.35. The van der Waals surface area contributed by atoms with E-state index in [9.17, 15) is 0 Å². The van der Waals surface area contributed by atoms with E-state index in [2.05, 4.69) is 39.6 Å². The second-order valence-corrected chi connectivity index (χ2v) is 5.95. The Labute approximate surface area is 142 Å². The van der Waals surface area contributed by atoms with Gasteiger partial charge in [-0.3, -0.25) is 4.99 Å². The van der Waals surface area contributed by atoms with Crippen LogP contribution < -0.4 is 10.6 Å². The highest BCUT2D eigenvalue weighted by Gasteiger charge is 2.21. The minimum absolute atomic E-state index is 0.324. The van der Waals surface area contributed by atoms with Crippen LogP contribution in [0.4, 0.5) is 0 Å². The Bertz CT molecular complexity index is 661. The number of nitrogens with zero attached hydrogens (tertiary/aromatic N) is 4. The predicted molar refractivity (Wildman–Crippen MR) is 93.0 cm³/mol. The third kappa shape index (κ3) is 4.15. The first-order valence-electron chi connectivity index (χ1n) is 8.78. The first-order chi connectivity index (χ1) is 11.8. The molecule has 1 unspecified atom stereocenters. The van der Waals surface area contributed by atoms with Gasteiger partial charge in [0.05, 0.1) is 12.8 Å². The van der Waals surface area contributed by atoms with Crippen LogP contribution in [0.3, 0.4) is 0 Å². The van der Waals surface area contributed by atoms with Crippen LogP contribution in [-0.4, -0.2) is 39.9 Å². The minimum Gasteiger partial charge on any atom is -0.469 e. The Morgan fingerprint density at radius 2 is 2.38 bits per heavy atom. The van der Waals surface area contributed by atoms with Crippen LogP contribution >= 0.6 is 0 Å². The minimum atomic E-state index is 0.324. The smallest absolute Gasteiger partial charge is 0.191 e. The molecule has 0 aliphatic carbocycles. The highest BCUT2D eigenvalue weighted by molar-refractivity contribution is 5.80. The molecule has 0 amide bonds. The van der Waals surface area contributed by atoms with Crippen LogP contribution in [0.1, 0.15) is 37.7 Å². The fourth-order valence-electron chi connectivity index (χ4n) is 2.87. The highest BCUT2D eigenvalue weighted by Crippen LogP contribution is 2.13. The van der Waals surface area contributed by atoms with Gasteiger partial charge in [-0.25, -0.2) is 9.67 Å². The molecule has 0 saturated carbocycles. The van der Waals surface area contributed by atoms with Crippen molar-refractivity contribution in [2.24, 2.45) is 4.99 Å². The molecule has 3 rings (SSSR count). The molecule has 1 aliphatic heterocycles. The van der Waals surface area contributed by atoms with Gasteiger partial charge in [0.2, 0.25) is 0 Å². The van der Waals surface area contributed by atoms with Gasteiger partial charge >= 0.3 is 0 Å². The zero-order valence-corrected chi connectivity index (χ0v) is 14.5. The van der Waals surface area contributed by atoms with Gasteiger partial charge in [0, 0.05) is 38.4 Å². The molecule has 0 radical (unpaired) electrons. The summed E-state index contributed by atoms with van der Waals surface area (Å²) in [6.45, 7) is 6.54. The number of hydrogen-bond donors (Lipinski definition) is 2. The lowest BCUT2D eigenvalue weighted by molar-refractivity contribution is 0.392. The predicted octanol–water partition coefficient (Wildman–Crippen LogP) is 1.55. The Morgan fingerprint density at radius 1 is 1.46 bits per heavy atom. The van der Waals surface area contributed by atoms with Crippen molar-refractivity contribution in [3.63, 3.8) is 0 Å². The van der Waals surface area contributed by atoms with E-state index in [0.29, 0.717) is 12.6 Å². The van der Waals surface area contributed by atoms with E-state index in [4.69, 9.17) is 4.42 Å². The molecule has 7 nitrogen and oxygen atoms in total. The summed E-state index contributed by atoms with van der Waals surface area (Å²) in [6, 6.07) is 4.21. The van der Waals surface area contributed by atoms with Crippen LogP contribution in [0.2, 0.25) is 0 Å². The van der Waals surface area contributed by atoms with Crippen LogP contribution in [0.5, 0.6) is 0 Å². The van der Waals surface area contributed by atoms with Crippen LogP contribution in [0, 0.1) is 0 Å². The average molecular weight is 330 g/mol. The summed E-state index contributed by atoms with van der Waals surface area (Å²) in [7, 11) is 0. The monoisotopic (exact) mass is 330 g/mol. The first kappa shape index (κ1) is 16.5. The number of furan rings is 1. The summed E-state index contributed by atoms with van der Waals surface area (Å²) in [5, 5.41) is 11.4. The summed E-state index contributed by atoms with van der Waals surface area (Å²) in [5.74, 6) is 3.86. The fourth-order valence-corrected chi connectivity index (χ4v) is 2.87. The normalized spacial score (nSPS) is 17.6. The lowest BCUT2D eigenvalue weighted by atomic mass is 10.1. The first-order valence-corrected chi connectivity index (χ1v) is 8.78. The molecule has 2 aromatic rings. The Hall–Kier alpha value is -2.31. The van der Waals surface area contributed by atoms with Crippen molar-refractivity contribution in [1.29, 1.82) is 0 Å². The van der Waals surface area contributed by atoms with Crippen LogP contribution in [0.25, 0.3) is 0 Å². The largest absolute Gasteiger partial charge is 0.469 e. The zero-order chi connectivity index (χ0) is 16.8. The van der Waals surface area contributed by atoms with Gasteiger partial charge in [0.25, 0.3) is 0 Å². The highest BCUT2D eigenvalue weighted by atomic mass is 16.3. The number of rotatable bonds is 6. The molecule has 0 spiro atoms. The Balaban J connectivity index is 1.57. The van der Waals surface area contributed by atoms with E-state index in [-0.39, 0.29) is 0 Å². The molecule has 0 saturated heterocycles. The summed E-state index contributed by atoms with van der Waals surface area (Å²) in [5.41, 5.74) is 0. The standard InChI is InChI=1S/C17H26N6O/c1-3-15-21-16-8-7-13(12-23(16)22-15)20-17(18-4-2)19-10-9-14-6-5-11-24-14/h5-6,11,13H,3-4,7-10,12H2,1-2H3,(H2,18,19,20). The molecule has 2 N–H and O–H groups in total. The van der Waals surface area contributed by atoms with Gasteiger partial charge in [0.15, 0.2) is 11.8 Å². The molecular formula is C17H26N6O. The van der Waals surface area contributed by atoms with E-state index < -0.39 is 0 Å². The zero-order valence-electron chi connectivity index (χ0n) is 14.5. The van der Waals surface area contributed by atoms with Gasteiger partial charge in [-0.05, 0) is 25.5 Å². The van der Waals surface area contributed by atoms with Crippen LogP contribution in [0.15, 0.2) is 27.8 Å². The summed E-state index contributed by atoms with van der Waals surface area (Å²) in [4.78, 5) is 9.21. The van der Waals surface area contributed by atoms with E-state index in [1.807, 2.05) is 16.8 Å². The fraction of sp³-hybridized carbons (Fsp3) is 0.588. The number of aryl methyl sites for hydroxylation is 2. The summed E-state index contributed by atoms with van der Waals surface area (Å²) >= 11 is 0. The lowest BCUT2D eigenvalue weighted by Gasteiger charge is -2.25. The second kappa shape index (κ2) is 7.99. The van der Waals surface area contributed by atoms with Gasteiger partial charge in [-0.15, -0.1) is 0 Å². The molecular weight excluding hydrogens is 304 g/mol. The molecule has 1 aliphatic rings. The Kier molecular flexibility index (Phi) is 5.51.